The van der Waals surface area contributed by atoms with Crippen molar-refractivity contribution in [3.05, 3.63) is 35.4 Å². The molecule has 3 N–H and O–H groups in total. The number of methoxy groups -OCH3 is 1. The summed E-state index contributed by atoms with van der Waals surface area (Å²) in [4.78, 5) is 0. The number of hydrogen-bond donors (Lipinski definition) is 2. The molecule has 0 heterocycles. The third kappa shape index (κ3) is 4.03. The zero-order valence-corrected chi connectivity index (χ0v) is 10.0. The Balaban J connectivity index is 2.72. The molecule has 0 aromatic heterocycles. The van der Waals surface area contributed by atoms with Crippen LogP contribution in [0.1, 0.15) is 31.4 Å². The molecule has 1 aromatic carbocycles. The van der Waals surface area contributed by atoms with E-state index >= 15 is 0 Å². The second kappa shape index (κ2) is 6.64. The summed E-state index contributed by atoms with van der Waals surface area (Å²) in [6.07, 6.45) is 1.44. The van der Waals surface area contributed by atoms with Crippen LogP contribution in [-0.2, 0) is 4.74 Å². The molecule has 5 heteroatoms. The molecule has 2 unspecified atom stereocenters. The standard InChI is InChI=1S/C12H18F2N2O/c1-8(17-2)3-6-12(16-15)10-5-4-9(13)7-11(10)14/h4-5,7-8,12,16H,3,6,15H2,1-2H3. The van der Waals surface area contributed by atoms with Gasteiger partial charge in [0.15, 0.2) is 0 Å². The molecule has 0 saturated heterocycles. The zero-order chi connectivity index (χ0) is 12.8. The Kier molecular flexibility index (Phi) is 5.47. The first-order valence-electron chi connectivity index (χ1n) is 5.52. The lowest BCUT2D eigenvalue weighted by Crippen LogP contribution is -2.29. The third-order valence-corrected chi connectivity index (χ3v) is 2.80. The van der Waals surface area contributed by atoms with Gasteiger partial charge in [-0.1, -0.05) is 6.07 Å². The van der Waals surface area contributed by atoms with Crippen LogP contribution < -0.4 is 11.3 Å². The maximum atomic E-state index is 13.5. The molecular formula is C12H18F2N2O. The lowest BCUT2D eigenvalue weighted by molar-refractivity contribution is 0.106. The van der Waals surface area contributed by atoms with Crippen LogP contribution in [0, 0.1) is 11.6 Å². The summed E-state index contributed by atoms with van der Waals surface area (Å²) >= 11 is 0. The van der Waals surface area contributed by atoms with Crippen molar-refractivity contribution in [2.24, 2.45) is 5.84 Å². The number of hydrogen-bond acceptors (Lipinski definition) is 3. The Labute approximate surface area is 99.9 Å². The van der Waals surface area contributed by atoms with Gasteiger partial charge in [0.2, 0.25) is 0 Å². The first kappa shape index (κ1) is 14.0. The van der Waals surface area contributed by atoms with Crippen LogP contribution >= 0.6 is 0 Å². The minimum absolute atomic E-state index is 0.0781. The van der Waals surface area contributed by atoms with Crippen molar-refractivity contribution < 1.29 is 13.5 Å². The maximum absolute atomic E-state index is 13.5. The second-order valence-electron chi connectivity index (χ2n) is 4.01. The van der Waals surface area contributed by atoms with E-state index in [1.165, 1.54) is 12.1 Å². The van der Waals surface area contributed by atoms with Crippen LogP contribution in [0.15, 0.2) is 18.2 Å². The van der Waals surface area contributed by atoms with Gasteiger partial charge in [0, 0.05) is 24.8 Å². The Morgan fingerprint density at radius 1 is 1.35 bits per heavy atom. The number of nitrogens with two attached hydrogens (primary N) is 1. The van der Waals surface area contributed by atoms with Crippen molar-refractivity contribution >= 4 is 0 Å². The van der Waals surface area contributed by atoms with Gasteiger partial charge in [-0.2, -0.15) is 0 Å². The van der Waals surface area contributed by atoms with Gasteiger partial charge in [-0.25, -0.2) is 8.78 Å². The monoisotopic (exact) mass is 244 g/mol. The number of nitrogens with one attached hydrogen (secondary N) is 1. The van der Waals surface area contributed by atoms with Crippen molar-refractivity contribution in [1.29, 1.82) is 0 Å². The summed E-state index contributed by atoms with van der Waals surface area (Å²) in [5.74, 6) is 4.21. The summed E-state index contributed by atoms with van der Waals surface area (Å²) in [7, 11) is 1.62. The molecule has 3 nitrogen and oxygen atoms in total. The molecule has 2 atom stereocenters. The normalized spacial score (nSPS) is 14.6. The average Bonchev–Trinajstić information content (AvgIpc) is 2.31. The second-order valence-corrected chi connectivity index (χ2v) is 4.01. The van der Waals surface area contributed by atoms with Crippen molar-refractivity contribution in [2.45, 2.75) is 31.9 Å². The summed E-state index contributed by atoms with van der Waals surface area (Å²) < 4.78 is 31.4. The largest absolute Gasteiger partial charge is 0.382 e. The van der Waals surface area contributed by atoms with Crippen LogP contribution in [0.2, 0.25) is 0 Å². The molecular weight excluding hydrogens is 226 g/mol. The van der Waals surface area contributed by atoms with Gasteiger partial charge in [0.25, 0.3) is 0 Å². The van der Waals surface area contributed by atoms with E-state index in [2.05, 4.69) is 5.43 Å². The number of ether oxygens (including phenoxy) is 1. The average molecular weight is 244 g/mol. The van der Waals surface area contributed by atoms with Gasteiger partial charge in [0.05, 0.1) is 6.10 Å². The molecule has 0 bridgehead atoms. The molecule has 0 saturated carbocycles. The Hall–Kier alpha value is -1.04. The maximum Gasteiger partial charge on any atom is 0.130 e. The predicted molar refractivity (Wildman–Crippen MR) is 62.1 cm³/mol. The van der Waals surface area contributed by atoms with E-state index in [0.29, 0.717) is 12.0 Å². The smallest absolute Gasteiger partial charge is 0.130 e. The fourth-order valence-electron chi connectivity index (χ4n) is 1.63. The molecule has 0 spiro atoms. The minimum atomic E-state index is -0.590. The predicted octanol–water partition coefficient (Wildman–Crippen LogP) is 2.28. The van der Waals surface area contributed by atoms with Gasteiger partial charge in [-0.15, -0.1) is 0 Å². The van der Waals surface area contributed by atoms with Crippen LogP contribution in [0.5, 0.6) is 0 Å². The molecule has 0 aliphatic heterocycles. The first-order valence-corrected chi connectivity index (χ1v) is 5.52. The molecule has 0 aliphatic rings. The Bertz CT molecular complexity index is 360. The van der Waals surface area contributed by atoms with E-state index in [4.69, 9.17) is 10.6 Å². The lowest BCUT2D eigenvalue weighted by Gasteiger charge is -2.18. The Morgan fingerprint density at radius 3 is 2.59 bits per heavy atom. The fraction of sp³-hybridized carbons (Fsp3) is 0.500. The van der Waals surface area contributed by atoms with Crippen LogP contribution in [0.4, 0.5) is 8.78 Å². The summed E-state index contributed by atoms with van der Waals surface area (Å²) in [6.45, 7) is 1.93. The van der Waals surface area contributed by atoms with Gasteiger partial charge < -0.3 is 4.74 Å². The van der Waals surface area contributed by atoms with Gasteiger partial charge in [-0.3, -0.25) is 11.3 Å². The molecule has 0 radical (unpaired) electrons. The SMILES string of the molecule is COC(C)CCC(NN)c1ccc(F)cc1F. The molecule has 1 rings (SSSR count). The number of hydrazine groups is 1. The van der Waals surface area contributed by atoms with Crippen LogP contribution in [-0.4, -0.2) is 13.2 Å². The highest BCUT2D eigenvalue weighted by molar-refractivity contribution is 5.22. The van der Waals surface area contributed by atoms with Gasteiger partial charge >= 0.3 is 0 Å². The highest BCUT2D eigenvalue weighted by Gasteiger charge is 2.16. The first-order chi connectivity index (χ1) is 8.08. The zero-order valence-electron chi connectivity index (χ0n) is 10.0. The summed E-state index contributed by atoms with van der Waals surface area (Å²) in [6, 6.07) is 3.16. The van der Waals surface area contributed by atoms with Crippen molar-refractivity contribution in [3.8, 4) is 0 Å². The topological polar surface area (TPSA) is 47.3 Å². The molecule has 1 aromatic rings. The summed E-state index contributed by atoms with van der Waals surface area (Å²) in [5.41, 5.74) is 2.91. The van der Waals surface area contributed by atoms with E-state index in [9.17, 15) is 8.78 Å². The van der Waals surface area contributed by atoms with E-state index in [1.807, 2.05) is 6.92 Å². The quantitative estimate of drug-likeness (QED) is 0.596. The van der Waals surface area contributed by atoms with E-state index in [-0.39, 0.29) is 12.1 Å². The van der Waals surface area contributed by atoms with Gasteiger partial charge in [-0.05, 0) is 25.8 Å². The number of rotatable bonds is 6. The Morgan fingerprint density at radius 2 is 2.06 bits per heavy atom. The van der Waals surface area contributed by atoms with Gasteiger partial charge in [0.1, 0.15) is 11.6 Å². The molecule has 0 amide bonds. The molecule has 0 aliphatic carbocycles. The number of halogens is 2. The van der Waals surface area contributed by atoms with E-state index < -0.39 is 11.6 Å². The lowest BCUT2D eigenvalue weighted by atomic mass is 10.0. The highest BCUT2D eigenvalue weighted by atomic mass is 19.1. The minimum Gasteiger partial charge on any atom is -0.382 e. The van der Waals surface area contributed by atoms with Crippen molar-refractivity contribution in [1.82, 2.24) is 5.43 Å². The summed E-state index contributed by atoms with van der Waals surface area (Å²) in [5, 5.41) is 0. The van der Waals surface area contributed by atoms with Crippen molar-refractivity contribution in [3.63, 3.8) is 0 Å². The number of benzene rings is 1. The molecule has 96 valence electrons. The van der Waals surface area contributed by atoms with Crippen molar-refractivity contribution in [2.75, 3.05) is 7.11 Å². The van der Waals surface area contributed by atoms with E-state index in [1.54, 1.807) is 7.11 Å². The third-order valence-electron chi connectivity index (χ3n) is 2.80. The molecule has 0 fully saturated rings. The fourth-order valence-corrected chi connectivity index (χ4v) is 1.63. The molecule has 17 heavy (non-hydrogen) atoms. The van der Waals surface area contributed by atoms with E-state index in [0.717, 1.165) is 12.5 Å². The van der Waals surface area contributed by atoms with Crippen LogP contribution in [0.3, 0.4) is 0 Å². The van der Waals surface area contributed by atoms with Crippen LogP contribution in [0.25, 0.3) is 0 Å². The highest BCUT2D eigenvalue weighted by Crippen LogP contribution is 2.22.